The predicted octanol–water partition coefficient (Wildman–Crippen LogP) is 3.46. The third-order valence-corrected chi connectivity index (χ3v) is 5.44. The van der Waals surface area contributed by atoms with Crippen molar-refractivity contribution in [2.24, 2.45) is 0 Å². The topological polar surface area (TPSA) is 71.7 Å². The van der Waals surface area contributed by atoms with Gasteiger partial charge in [0, 0.05) is 0 Å². The van der Waals surface area contributed by atoms with E-state index in [4.69, 9.17) is 28.3 Å². The number of benzene rings is 2. The zero-order chi connectivity index (χ0) is 17.7. The van der Waals surface area contributed by atoms with Crippen LogP contribution >= 0.6 is 34.5 Å². The Bertz CT molecular complexity index is 1280. The van der Waals surface area contributed by atoms with E-state index in [-0.39, 0.29) is 11.1 Å². The van der Waals surface area contributed by atoms with E-state index in [0.717, 1.165) is 5.56 Å². The number of aromatic nitrogens is 2. The Kier molecular flexibility index (Phi) is 3.76. The van der Waals surface area contributed by atoms with Crippen LogP contribution in [0.2, 0.25) is 10.0 Å². The van der Waals surface area contributed by atoms with Gasteiger partial charge in [0.25, 0.3) is 5.56 Å². The number of carbonyl (C=O) groups is 1. The number of halogens is 2. The van der Waals surface area contributed by atoms with Crippen LogP contribution in [0.5, 0.6) is 0 Å². The summed E-state index contributed by atoms with van der Waals surface area (Å²) in [6.45, 7) is 0. The number of rotatable bonds is 2. The largest absolute Gasteiger partial charge is 0.478 e. The predicted molar refractivity (Wildman–Crippen MR) is 99.1 cm³/mol. The van der Waals surface area contributed by atoms with Crippen molar-refractivity contribution in [3.8, 4) is 0 Å². The molecule has 2 aromatic heterocycles. The van der Waals surface area contributed by atoms with Gasteiger partial charge in [-0.15, -0.1) is 0 Å². The third-order valence-electron chi connectivity index (χ3n) is 3.73. The first-order chi connectivity index (χ1) is 11.9. The van der Waals surface area contributed by atoms with E-state index in [1.165, 1.54) is 27.9 Å². The summed E-state index contributed by atoms with van der Waals surface area (Å²) < 4.78 is 1.90. The van der Waals surface area contributed by atoms with Crippen molar-refractivity contribution in [3.63, 3.8) is 0 Å². The summed E-state index contributed by atoms with van der Waals surface area (Å²) in [7, 11) is 0. The van der Waals surface area contributed by atoms with Gasteiger partial charge in [0.1, 0.15) is 0 Å². The summed E-state index contributed by atoms with van der Waals surface area (Å²) in [5, 5.41) is 9.98. The fourth-order valence-corrected chi connectivity index (χ4v) is 3.84. The summed E-state index contributed by atoms with van der Waals surface area (Å²) in [6, 6.07) is 9.61. The zero-order valence-corrected chi connectivity index (χ0v) is 14.7. The maximum absolute atomic E-state index is 12.7. The van der Waals surface area contributed by atoms with E-state index in [1.54, 1.807) is 30.3 Å². The molecule has 8 heteroatoms. The van der Waals surface area contributed by atoms with Gasteiger partial charge in [-0.25, -0.2) is 14.2 Å². The van der Waals surface area contributed by atoms with Crippen LogP contribution in [0.1, 0.15) is 15.9 Å². The van der Waals surface area contributed by atoms with Crippen LogP contribution in [0.3, 0.4) is 0 Å². The van der Waals surface area contributed by atoms with E-state index < -0.39 is 5.97 Å². The maximum atomic E-state index is 12.7. The molecule has 4 rings (SSSR count). The van der Waals surface area contributed by atoms with Crippen LogP contribution < -0.4 is 10.1 Å². The van der Waals surface area contributed by atoms with Crippen LogP contribution in [-0.2, 0) is 0 Å². The van der Waals surface area contributed by atoms with E-state index in [1.807, 2.05) is 0 Å². The molecule has 0 aliphatic heterocycles. The van der Waals surface area contributed by atoms with Crippen molar-refractivity contribution in [2.45, 2.75) is 0 Å². The Morgan fingerprint density at radius 2 is 1.96 bits per heavy atom. The van der Waals surface area contributed by atoms with Crippen molar-refractivity contribution in [3.05, 3.63) is 72.5 Å². The third kappa shape index (κ3) is 2.68. The number of imidazole rings is 1. The lowest BCUT2D eigenvalue weighted by Crippen LogP contribution is -2.22. The second-order valence-corrected chi connectivity index (χ2v) is 7.15. The highest BCUT2D eigenvalue weighted by Gasteiger charge is 2.13. The van der Waals surface area contributed by atoms with Crippen LogP contribution in [0.4, 0.5) is 0 Å². The molecule has 0 atom stereocenters. The molecule has 0 aliphatic rings. The van der Waals surface area contributed by atoms with Crippen molar-refractivity contribution in [1.82, 2.24) is 9.38 Å². The minimum absolute atomic E-state index is 0.106. The van der Waals surface area contributed by atoms with E-state index >= 15 is 0 Å². The van der Waals surface area contributed by atoms with Gasteiger partial charge in [-0.1, -0.05) is 40.6 Å². The first-order valence-electron chi connectivity index (χ1n) is 7.09. The summed E-state index contributed by atoms with van der Waals surface area (Å²) >= 11 is 13.1. The molecular weight excluding hydrogens is 383 g/mol. The number of carboxylic acid groups (broad SMARTS) is 1. The lowest BCUT2D eigenvalue weighted by molar-refractivity contribution is 0.0697. The molecule has 2 aromatic carbocycles. The Balaban J connectivity index is 1.97. The molecule has 0 unspecified atom stereocenters. The SMILES string of the molecule is O=C(O)c1ccc2nc3s/c(=C\c4ccc(Cl)c(Cl)c4)c(=O)n3c2c1. The molecule has 0 saturated heterocycles. The molecule has 4 aromatic rings. The average molecular weight is 391 g/mol. The summed E-state index contributed by atoms with van der Waals surface area (Å²) in [6.07, 6.45) is 1.71. The van der Waals surface area contributed by atoms with E-state index in [0.29, 0.717) is 30.6 Å². The monoisotopic (exact) mass is 390 g/mol. The van der Waals surface area contributed by atoms with Crippen molar-refractivity contribution in [2.75, 3.05) is 0 Å². The van der Waals surface area contributed by atoms with Gasteiger partial charge in [0.05, 0.1) is 31.2 Å². The average Bonchev–Trinajstić information content (AvgIpc) is 3.07. The molecule has 0 spiro atoms. The molecule has 5 nitrogen and oxygen atoms in total. The fourth-order valence-electron chi connectivity index (χ4n) is 2.55. The molecule has 124 valence electrons. The normalized spacial score (nSPS) is 12.3. The quantitative estimate of drug-likeness (QED) is 0.568. The van der Waals surface area contributed by atoms with Gasteiger partial charge in [0.2, 0.25) is 0 Å². The number of hydrogen-bond acceptors (Lipinski definition) is 4. The summed E-state index contributed by atoms with van der Waals surface area (Å²) in [5.41, 5.74) is 1.65. The maximum Gasteiger partial charge on any atom is 0.335 e. The molecule has 1 N–H and O–H groups in total. The highest BCUT2D eigenvalue weighted by atomic mass is 35.5. The molecule has 0 fully saturated rings. The fraction of sp³-hybridized carbons (Fsp3) is 0. The molecule has 0 saturated carbocycles. The van der Waals surface area contributed by atoms with Crippen molar-refractivity contribution in [1.29, 1.82) is 0 Å². The number of hydrogen-bond donors (Lipinski definition) is 1. The van der Waals surface area contributed by atoms with Gasteiger partial charge >= 0.3 is 5.97 Å². The standard InChI is InChI=1S/C17H8Cl2N2O3S/c18-10-3-1-8(5-11(10)19)6-14-15(22)21-13-7-9(16(23)24)2-4-12(13)20-17(21)25-14/h1-7H,(H,23,24)/b14-6-. The molecular formula is C17H8Cl2N2O3S. The van der Waals surface area contributed by atoms with E-state index in [9.17, 15) is 9.59 Å². The molecule has 0 amide bonds. The smallest absolute Gasteiger partial charge is 0.335 e. The lowest BCUT2D eigenvalue weighted by atomic mass is 10.2. The van der Waals surface area contributed by atoms with Crippen molar-refractivity contribution < 1.29 is 9.90 Å². The number of aromatic carboxylic acids is 1. The second kappa shape index (κ2) is 5.84. The summed E-state index contributed by atoms with van der Waals surface area (Å²) in [4.78, 5) is 28.8. The van der Waals surface area contributed by atoms with Gasteiger partial charge in [-0.3, -0.25) is 4.79 Å². The Hall–Kier alpha value is -2.41. The molecule has 0 radical (unpaired) electrons. The number of thiazole rings is 1. The number of nitrogens with zero attached hydrogens (tertiary/aromatic N) is 2. The molecule has 0 bridgehead atoms. The molecule has 25 heavy (non-hydrogen) atoms. The minimum atomic E-state index is -1.05. The number of fused-ring (bicyclic) bond motifs is 3. The van der Waals surface area contributed by atoms with Gasteiger partial charge in [-0.2, -0.15) is 0 Å². The van der Waals surface area contributed by atoms with Crippen molar-refractivity contribution >= 4 is 62.6 Å². The van der Waals surface area contributed by atoms with Crippen LogP contribution in [0.15, 0.2) is 41.2 Å². The second-order valence-electron chi connectivity index (χ2n) is 5.33. The Labute approximate surface area is 154 Å². The lowest BCUT2D eigenvalue weighted by Gasteiger charge is -1.96. The van der Waals surface area contributed by atoms with Gasteiger partial charge in [-0.05, 0) is 42.0 Å². The first-order valence-corrected chi connectivity index (χ1v) is 8.66. The zero-order valence-electron chi connectivity index (χ0n) is 12.4. The Morgan fingerprint density at radius 1 is 1.16 bits per heavy atom. The Morgan fingerprint density at radius 3 is 2.68 bits per heavy atom. The molecule has 0 aliphatic carbocycles. The van der Waals surface area contributed by atoms with E-state index in [2.05, 4.69) is 4.98 Å². The van der Waals surface area contributed by atoms with Crippen LogP contribution in [-0.4, -0.2) is 20.5 Å². The minimum Gasteiger partial charge on any atom is -0.478 e. The van der Waals surface area contributed by atoms with Gasteiger partial charge < -0.3 is 5.11 Å². The first kappa shape index (κ1) is 16.1. The highest BCUT2D eigenvalue weighted by molar-refractivity contribution is 7.15. The summed E-state index contributed by atoms with van der Waals surface area (Å²) in [5.74, 6) is -1.05. The highest BCUT2D eigenvalue weighted by Crippen LogP contribution is 2.23. The van der Waals surface area contributed by atoms with Gasteiger partial charge in [0.15, 0.2) is 4.96 Å². The molecule has 2 heterocycles. The van der Waals surface area contributed by atoms with Crippen LogP contribution in [0, 0.1) is 0 Å². The van der Waals surface area contributed by atoms with Crippen LogP contribution in [0.25, 0.3) is 22.1 Å². The number of carboxylic acids is 1.